The van der Waals surface area contributed by atoms with E-state index in [2.05, 4.69) is 10.6 Å². The molecule has 0 saturated heterocycles. The SMILES string of the molecule is CN(Cc1ccccc1Cl)C(=O)CNC(=O)NCc1ccc(F)cc1. The van der Waals surface area contributed by atoms with Gasteiger partial charge in [-0.1, -0.05) is 41.9 Å². The number of hydrogen-bond donors (Lipinski definition) is 2. The van der Waals surface area contributed by atoms with Crippen LogP contribution in [-0.4, -0.2) is 30.4 Å². The monoisotopic (exact) mass is 363 g/mol. The largest absolute Gasteiger partial charge is 0.340 e. The standard InChI is InChI=1S/C18H19ClFN3O2/c1-23(12-14-4-2-3-5-16(14)19)17(24)11-22-18(25)21-10-13-6-8-15(20)9-7-13/h2-9H,10-12H2,1H3,(H2,21,22,25). The highest BCUT2D eigenvalue weighted by atomic mass is 35.5. The molecular weight excluding hydrogens is 345 g/mol. The van der Waals surface area contributed by atoms with Crippen LogP contribution in [0.15, 0.2) is 48.5 Å². The minimum atomic E-state index is -0.469. The molecule has 0 unspecified atom stereocenters. The minimum Gasteiger partial charge on any atom is -0.340 e. The van der Waals surface area contributed by atoms with Gasteiger partial charge < -0.3 is 15.5 Å². The first-order valence-corrected chi connectivity index (χ1v) is 8.07. The first-order chi connectivity index (χ1) is 12.0. The van der Waals surface area contributed by atoms with Crippen molar-refractivity contribution in [1.82, 2.24) is 15.5 Å². The summed E-state index contributed by atoms with van der Waals surface area (Å²) in [5.74, 6) is -0.572. The van der Waals surface area contributed by atoms with Gasteiger partial charge in [0.15, 0.2) is 0 Å². The van der Waals surface area contributed by atoms with E-state index in [1.165, 1.54) is 17.0 Å². The Morgan fingerprint density at radius 2 is 1.76 bits per heavy atom. The van der Waals surface area contributed by atoms with Crippen molar-refractivity contribution in [2.75, 3.05) is 13.6 Å². The van der Waals surface area contributed by atoms with Crippen LogP contribution in [0.2, 0.25) is 5.02 Å². The van der Waals surface area contributed by atoms with Crippen LogP contribution in [0.4, 0.5) is 9.18 Å². The predicted octanol–water partition coefficient (Wildman–Crippen LogP) is 2.94. The van der Waals surface area contributed by atoms with Crippen molar-refractivity contribution in [3.63, 3.8) is 0 Å². The van der Waals surface area contributed by atoms with E-state index in [1.54, 1.807) is 25.2 Å². The molecule has 0 aliphatic heterocycles. The van der Waals surface area contributed by atoms with Gasteiger partial charge in [-0.2, -0.15) is 0 Å². The Labute approximate surface area is 150 Å². The molecule has 132 valence electrons. The molecule has 0 fully saturated rings. The lowest BCUT2D eigenvalue weighted by Crippen LogP contribution is -2.42. The second-order valence-electron chi connectivity index (χ2n) is 5.50. The fraction of sp³-hybridized carbons (Fsp3) is 0.222. The smallest absolute Gasteiger partial charge is 0.315 e. The summed E-state index contributed by atoms with van der Waals surface area (Å²) in [4.78, 5) is 25.3. The maximum atomic E-state index is 12.8. The number of urea groups is 1. The molecule has 0 aromatic heterocycles. The lowest BCUT2D eigenvalue weighted by Gasteiger charge is -2.18. The van der Waals surface area contributed by atoms with Crippen LogP contribution < -0.4 is 10.6 Å². The van der Waals surface area contributed by atoms with E-state index in [0.29, 0.717) is 11.6 Å². The zero-order valence-electron chi connectivity index (χ0n) is 13.8. The van der Waals surface area contributed by atoms with Crippen LogP contribution in [0.25, 0.3) is 0 Å². The fourth-order valence-corrected chi connectivity index (χ4v) is 2.30. The summed E-state index contributed by atoms with van der Waals surface area (Å²) in [7, 11) is 1.64. The molecule has 0 aliphatic rings. The molecule has 0 bridgehead atoms. The highest BCUT2D eigenvalue weighted by molar-refractivity contribution is 6.31. The van der Waals surface area contributed by atoms with Crippen LogP contribution >= 0.6 is 11.6 Å². The third-order valence-corrected chi connectivity index (χ3v) is 3.93. The maximum Gasteiger partial charge on any atom is 0.315 e. The number of rotatable bonds is 6. The van der Waals surface area contributed by atoms with Crippen molar-refractivity contribution in [1.29, 1.82) is 0 Å². The molecule has 0 spiro atoms. The number of carbonyl (C=O) groups is 2. The molecule has 0 aliphatic carbocycles. The Balaban J connectivity index is 1.74. The van der Waals surface area contributed by atoms with Gasteiger partial charge in [0.2, 0.25) is 5.91 Å². The summed E-state index contributed by atoms with van der Waals surface area (Å²) in [6.45, 7) is 0.476. The lowest BCUT2D eigenvalue weighted by atomic mass is 10.2. The molecular formula is C18H19ClFN3O2. The van der Waals surface area contributed by atoms with Crippen LogP contribution in [0, 0.1) is 5.82 Å². The first kappa shape index (κ1) is 18.7. The second kappa shape index (κ2) is 9.03. The average molecular weight is 364 g/mol. The Bertz CT molecular complexity index is 737. The van der Waals surface area contributed by atoms with Gasteiger partial charge in [-0.15, -0.1) is 0 Å². The number of nitrogens with zero attached hydrogens (tertiary/aromatic N) is 1. The summed E-state index contributed by atoms with van der Waals surface area (Å²) in [5, 5.41) is 5.69. The van der Waals surface area contributed by atoms with Gasteiger partial charge in [0.1, 0.15) is 5.82 Å². The summed E-state index contributed by atoms with van der Waals surface area (Å²) in [5.41, 5.74) is 1.60. The molecule has 2 rings (SSSR count). The summed E-state index contributed by atoms with van der Waals surface area (Å²) in [6, 6.07) is 12.6. The number of carbonyl (C=O) groups excluding carboxylic acids is 2. The van der Waals surface area contributed by atoms with Gasteiger partial charge in [-0.05, 0) is 29.3 Å². The number of amides is 3. The highest BCUT2D eigenvalue weighted by Crippen LogP contribution is 2.16. The lowest BCUT2D eigenvalue weighted by molar-refractivity contribution is -0.129. The molecule has 0 atom stereocenters. The van der Waals surface area contributed by atoms with Gasteiger partial charge in [0.25, 0.3) is 0 Å². The van der Waals surface area contributed by atoms with Crippen molar-refractivity contribution >= 4 is 23.5 Å². The minimum absolute atomic E-state index is 0.129. The normalized spacial score (nSPS) is 10.2. The van der Waals surface area contributed by atoms with Crippen molar-refractivity contribution in [2.24, 2.45) is 0 Å². The maximum absolute atomic E-state index is 12.8. The number of hydrogen-bond acceptors (Lipinski definition) is 2. The van der Waals surface area contributed by atoms with Gasteiger partial charge in [0, 0.05) is 25.2 Å². The zero-order chi connectivity index (χ0) is 18.2. The van der Waals surface area contributed by atoms with E-state index >= 15 is 0 Å². The molecule has 7 heteroatoms. The van der Waals surface area contributed by atoms with E-state index < -0.39 is 6.03 Å². The summed E-state index contributed by atoms with van der Waals surface area (Å²) >= 11 is 6.07. The van der Waals surface area contributed by atoms with Crippen LogP contribution in [0.1, 0.15) is 11.1 Å². The Hall–Kier alpha value is -2.60. The van der Waals surface area contributed by atoms with E-state index in [9.17, 15) is 14.0 Å². The molecule has 3 amide bonds. The second-order valence-corrected chi connectivity index (χ2v) is 5.91. The van der Waals surface area contributed by atoms with Crippen molar-refractivity contribution in [3.8, 4) is 0 Å². The van der Waals surface area contributed by atoms with Crippen molar-refractivity contribution in [2.45, 2.75) is 13.1 Å². The van der Waals surface area contributed by atoms with Gasteiger partial charge >= 0.3 is 6.03 Å². The van der Waals surface area contributed by atoms with Crippen LogP contribution in [-0.2, 0) is 17.9 Å². The van der Waals surface area contributed by atoms with E-state index in [4.69, 9.17) is 11.6 Å². The van der Waals surface area contributed by atoms with Crippen LogP contribution in [0.3, 0.4) is 0 Å². The quantitative estimate of drug-likeness (QED) is 0.829. The van der Waals surface area contributed by atoms with Gasteiger partial charge in [-0.25, -0.2) is 9.18 Å². The molecule has 25 heavy (non-hydrogen) atoms. The van der Waals surface area contributed by atoms with E-state index in [1.807, 2.05) is 18.2 Å². The van der Waals surface area contributed by atoms with E-state index in [-0.39, 0.29) is 24.8 Å². The Morgan fingerprint density at radius 1 is 1.08 bits per heavy atom. The van der Waals surface area contributed by atoms with Gasteiger partial charge in [0.05, 0.1) is 6.54 Å². The van der Waals surface area contributed by atoms with Gasteiger partial charge in [-0.3, -0.25) is 4.79 Å². The third-order valence-electron chi connectivity index (χ3n) is 3.56. The zero-order valence-corrected chi connectivity index (χ0v) is 14.5. The number of benzene rings is 2. The number of likely N-dealkylation sites (N-methyl/N-ethyl adjacent to an activating group) is 1. The van der Waals surface area contributed by atoms with Crippen molar-refractivity contribution in [3.05, 3.63) is 70.5 Å². The number of halogens is 2. The predicted molar refractivity (Wildman–Crippen MR) is 94.6 cm³/mol. The molecule has 0 saturated carbocycles. The van der Waals surface area contributed by atoms with E-state index in [0.717, 1.165) is 11.1 Å². The van der Waals surface area contributed by atoms with Crippen LogP contribution in [0.5, 0.6) is 0 Å². The molecule has 2 aromatic carbocycles. The fourth-order valence-electron chi connectivity index (χ4n) is 2.11. The Kier molecular flexibility index (Phi) is 6.77. The molecule has 5 nitrogen and oxygen atoms in total. The Morgan fingerprint density at radius 3 is 2.44 bits per heavy atom. The molecule has 2 N–H and O–H groups in total. The molecule has 0 heterocycles. The molecule has 2 aromatic rings. The molecule has 0 radical (unpaired) electrons. The summed E-state index contributed by atoms with van der Waals surface area (Å²) in [6.07, 6.45) is 0. The highest BCUT2D eigenvalue weighted by Gasteiger charge is 2.12. The topological polar surface area (TPSA) is 61.4 Å². The summed E-state index contributed by atoms with van der Waals surface area (Å²) < 4.78 is 12.8. The van der Waals surface area contributed by atoms with Crippen molar-refractivity contribution < 1.29 is 14.0 Å². The third kappa shape index (κ3) is 6.08. The average Bonchev–Trinajstić information content (AvgIpc) is 2.61. The number of nitrogens with one attached hydrogen (secondary N) is 2. The first-order valence-electron chi connectivity index (χ1n) is 7.69.